The highest BCUT2D eigenvalue weighted by Gasteiger charge is 2.19. The van der Waals surface area contributed by atoms with Crippen LogP contribution in [0, 0.1) is 13.8 Å². The Hall–Kier alpha value is -2.18. The fourth-order valence-corrected chi connectivity index (χ4v) is 3.30. The van der Waals surface area contributed by atoms with E-state index < -0.39 is 0 Å². The van der Waals surface area contributed by atoms with Gasteiger partial charge in [0.05, 0.1) is 6.10 Å². The Balaban J connectivity index is 1.66. The van der Waals surface area contributed by atoms with Crippen molar-refractivity contribution in [3.8, 4) is 0 Å². The molecule has 0 spiro atoms. The van der Waals surface area contributed by atoms with E-state index in [1.807, 2.05) is 25.1 Å². The molecule has 1 aromatic carbocycles. The summed E-state index contributed by atoms with van der Waals surface area (Å²) in [6.07, 6.45) is 2.62. The lowest BCUT2D eigenvalue weighted by molar-refractivity contribution is 0.0724. The Kier molecular flexibility index (Phi) is 6.06. The number of likely N-dealkylation sites (N-methyl/N-ethyl adjacent to an activating group) is 1. The highest BCUT2D eigenvalue weighted by molar-refractivity contribution is 6.04. The minimum absolute atomic E-state index is 0.150. The monoisotopic (exact) mass is 357 g/mol. The number of carbonyl (C=O) groups excluding carboxylic acids is 1. The van der Waals surface area contributed by atoms with Crippen molar-refractivity contribution in [1.29, 1.82) is 0 Å². The number of amides is 1. The number of anilines is 1. The SMILES string of the molecule is CCN(Cc1cccc(C(=O)Nc2c(C)noc2C)c1)CC1CCCO1. The summed E-state index contributed by atoms with van der Waals surface area (Å²) in [6, 6.07) is 7.77. The van der Waals surface area contributed by atoms with Crippen LogP contribution in [-0.2, 0) is 11.3 Å². The minimum atomic E-state index is -0.150. The van der Waals surface area contributed by atoms with Gasteiger partial charge in [0.15, 0.2) is 5.76 Å². The van der Waals surface area contributed by atoms with Crippen LogP contribution < -0.4 is 5.32 Å². The Morgan fingerprint density at radius 1 is 1.38 bits per heavy atom. The molecule has 1 amide bonds. The molecule has 1 aliphatic heterocycles. The van der Waals surface area contributed by atoms with Crippen LogP contribution in [0.25, 0.3) is 0 Å². The number of hydrogen-bond donors (Lipinski definition) is 1. The van der Waals surface area contributed by atoms with Crippen molar-refractivity contribution in [3.05, 3.63) is 46.8 Å². The molecule has 2 heterocycles. The van der Waals surface area contributed by atoms with Crippen molar-refractivity contribution in [2.45, 2.75) is 46.3 Å². The summed E-state index contributed by atoms with van der Waals surface area (Å²) in [4.78, 5) is 15.0. The maximum absolute atomic E-state index is 12.6. The molecule has 6 nitrogen and oxygen atoms in total. The van der Waals surface area contributed by atoms with Crippen molar-refractivity contribution in [1.82, 2.24) is 10.1 Å². The van der Waals surface area contributed by atoms with Crippen LogP contribution in [0.15, 0.2) is 28.8 Å². The molecule has 0 saturated carbocycles. The van der Waals surface area contributed by atoms with Crippen LogP contribution in [0.2, 0.25) is 0 Å². The zero-order chi connectivity index (χ0) is 18.5. The van der Waals surface area contributed by atoms with Crippen LogP contribution in [0.1, 0.15) is 47.1 Å². The molecule has 1 fully saturated rings. The van der Waals surface area contributed by atoms with Gasteiger partial charge in [-0.3, -0.25) is 9.69 Å². The summed E-state index contributed by atoms with van der Waals surface area (Å²) in [5.74, 6) is 0.462. The number of aromatic nitrogens is 1. The Labute approximate surface area is 154 Å². The molecule has 140 valence electrons. The summed E-state index contributed by atoms with van der Waals surface area (Å²) < 4.78 is 10.8. The van der Waals surface area contributed by atoms with Gasteiger partial charge in [-0.05, 0) is 50.9 Å². The van der Waals surface area contributed by atoms with Crippen LogP contribution in [0.5, 0.6) is 0 Å². The van der Waals surface area contributed by atoms with Crippen LogP contribution in [-0.4, -0.2) is 41.8 Å². The Morgan fingerprint density at radius 2 is 2.23 bits per heavy atom. The van der Waals surface area contributed by atoms with Gasteiger partial charge in [-0.15, -0.1) is 0 Å². The third kappa shape index (κ3) is 4.51. The van der Waals surface area contributed by atoms with Crippen LogP contribution in [0.4, 0.5) is 5.69 Å². The van der Waals surface area contributed by atoms with E-state index in [-0.39, 0.29) is 5.91 Å². The van der Waals surface area contributed by atoms with Gasteiger partial charge in [0.25, 0.3) is 5.91 Å². The second-order valence-electron chi connectivity index (χ2n) is 6.82. The number of nitrogens with one attached hydrogen (secondary N) is 1. The first-order valence-electron chi connectivity index (χ1n) is 9.24. The minimum Gasteiger partial charge on any atom is -0.377 e. The lowest BCUT2D eigenvalue weighted by Crippen LogP contribution is -2.31. The lowest BCUT2D eigenvalue weighted by Gasteiger charge is -2.23. The van der Waals surface area contributed by atoms with E-state index in [0.717, 1.165) is 44.6 Å². The van der Waals surface area contributed by atoms with Gasteiger partial charge in [0.1, 0.15) is 11.4 Å². The smallest absolute Gasteiger partial charge is 0.255 e. The number of aryl methyl sites for hydroxylation is 2. The van der Waals surface area contributed by atoms with Crippen molar-refractivity contribution >= 4 is 11.6 Å². The topological polar surface area (TPSA) is 67.6 Å². The van der Waals surface area contributed by atoms with Crippen molar-refractivity contribution in [3.63, 3.8) is 0 Å². The molecule has 2 aromatic rings. The predicted molar refractivity (Wildman–Crippen MR) is 100 cm³/mol. The summed E-state index contributed by atoms with van der Waals surface area (Å²) in [5.41, 5.74) is 3.08. The number of benzene rings is 1. The van der Waals surface area contributed by atoms with Gasteiger partial charge >= 0.3 is 0 Å². The molecular weight excluding hydrogens is 330 g/mol. The third-order valence-corrected chi connectivity index (χ3v) is 4.80. The molecule has 1 N–H and O–H groups in total. The van der Waals surface area contributed by atoms with E-state index in [4.69, 9.17) is 9.26 Å². The van der Waals surface area contributed by atoms with E-state index in [1.54, 1.807) is 6.92 Å². The molecule has 1 aromatic heterocycles. The molecule has 0 radical (unpaired) electrons. The average molecular weight is 357 g/mol. The largest absolute Gasteiger partial charge is 0.377 e. The maximum atomic E-state index is 12.6. The summed E-state index contributed by atoms with van der Waals surface area (Å²) in [7, 11) is 0. The molecule has 1 unspecified atom stereocenters. The van der Waals surface area contributed by atoms with Crippen LogP contribution >= 0.6 is 0 Å². The average Bonchev–Trinajstić information content (AvgIpc) is 3.26. The maximum Gasteiger partial charge on any atom is 0.255 e. The number of hydrogen-bond acceptors (Lipinski definition) is 5. The first-order valence-corrected chi connectivity index (χ1v) is 9.24. The molecule has 3 rings (SSSR count). The van der Waals surface area contributed by atoms with E-state index in [2.05, 4.69) is 28.4 Å². The molecule has 0 aliphatic carbocycles. The van der Waals surface area contributed by atoms with Gasteiger partial charge in [-0.1, -0.05) is 24.2 Å². The fraction of sp³-hybridized carbons (Fsp3) is 0.500. The van der Waals surface area contributed by atoms with Gasteiger partial charge < -0.3 is 14.6 Å². The predicted octanol–water partition coefficient (Wildman–Crippen LogP) is 3.54. The highest BCUT2D eigenvalue weighted by Crippen LogP contribution is 2.20. The Bertz CT molecular complexity index is 731. The van der Waals surface area contributed by atoms with Crippen LogP contribution in [0.3, 0.4) is 0 Å². The standard InChI is InChI=1S/C20H27N3O3/c1-4-23(13-18-9-6-10-25-18)12-16-7-5-8-17(11-16)20(24)21-19-14(2)22-26-15(19)3/h5,7-8,11,18H,4,6,9-10,12-13H2,1-3H3,(H,21,24). The van der Waals surface area contributed by atoms with Gasteiger partial charge in [0.2, 0.25) is 0 Å². The second kappa shape index (κ2) is 8.47. The Morgan fingerprint density at radius 3 is 2.88 bits per heavy atom. The van der Waals surface area contributed by atoms with Crippen molar-refractivity contribution in [2.24, 2.45) is 0 Å². The fourth-order valence-electron chi connectivity index (χ4n) is 3.30. The van der Waals surface area contributed by atoms with Crippen molar-refractivity contribution < 1.29 is 14.1 Å². The zero-order valence-electron chi connectivity index (χ0n) is 15.7. The van der Waals surface area contributed by atoms with E-state index in [1.165, 1.54) is 0 Å². The summed E-state index contributed by atoms with van der Waals surface area (Å²) in [5, 5.41) is 6.77. The van der Waals surface area contributed by atoms with Gasteiger partial charge in [-0.2, -0.15) is 0 Å². The van der Waals surface area contributed by atoms with E-state index in [0.29, 0.717) is 28.8 Å². The van der Waals surface area contributed by atoms with Gasteiger partial charge in [0, 0.05) is 25.3 Å². The molecule has 26 heavy (non-hydrogen) atoms. The van der Waals surface area contributed by atoms with Crippen molar-refractivity contribution in [2.75, 3.05) is 25.0 Å². The summed E-state index contributed by atoms with van der Waals surface area (Å²) in [6.45, 7) is 9.33. The summed E-state index contributed by atoms with van der Waals surface area (Å²) >= 11 is 0. The third-order valence-electron chi connectivity index (χ3n) is 4.80. The number of rotatable bonds is 7. The molecule has 1 atom stereocenters. The normalized spacial score (nSPS) is 17.0. The molecular formula is C20H27N3O3. The molecule has 0 bridgehead atoms. The van der Waals surface area contributed by atoms with E-state index in [9.17, 15) is 4.79 Å². The molecule has 6 heteroatoms. The number of nitrogens with zero attached hydrogens (tertiary/aromatic N) is 2. The number of carbonyl (C=O) groups is 1. The quantitative estimate of drug-likeness (QED) is 0.821. The van der Waals surface area contributed by atoms with E-state index >= 15 is 0 Å². The number of ether oxygens (including phenoxy) is 1. The lowest BCUT2D eigenvalue weighted by atomic mass is 10.1. The first-order chi connectivity index (χ1) is 12.6. The second-order valence-corrected chi connectivity index (χ2v) is 6.82. The molecule has 1 aliphatic rings. The first kappa shape index (κ1) is 18.6. The zero-order valence-corrected chi connectivity index (χ0v) is 15.7. The molecule has 1 saturated heterocycles. The van der Waals surface area contributed by atoms with Gasteiger partial charge in [-0.25, -0.2) is 0 Å². The highest BCUT2D eigenvalue weighted by atomic mass is 16.5.